The molecule has 15 rings (SSSR count). The third kappa shape index (κ3) is 15.6. The van der Waals surface area contributed by atoms with Crippen LogP contribution in [0.5, 0.6) is 0 Å². The van der Waals surface area contributed by atoms with Gasteiger partial charge in [-0.15, -0.1) is 0 Å². The number of anilines is 3. The Hall–Kier alpha value is -13.2. The molecule has 0 spiro atoms. The van der Waals surface area contributed by atoms with E-state index in [1.54, 1.807) is 123 Å². The normalized spacial score (nSPS) is 15.5. The number of aryl methyl sites for hydroxylation is 4. The first-order valence-electron chi connectivity index (χ1n) is 35.7. The van der Waals surface area contributed by atoms with E-state index in [-0.39, 0.29) is 53.6 Å². The van der Waals surface area contributed by atoms with Gasteiger partial charge in [-0.1, -0.05) is 73.7 Å². The van der Waals surface area contributed by atoms with Crippen LogP contribution in [-0.4, -0.2) is 128 Å². The maximum absolute atomic E-state index is 12.8. The van der Waals surface area contributed by atoms with Crippen LogP contribution in [0.15, 0.2) is 202 Å². The maximum atomic E-state index is 12.8. The van der Waals surface area contributed by atoms with Crippen molar-refractivity contribution in [2.45, 2.75) is 111 Å². The summed E-state index contributed by atoms with van der Waals surface area (Å²) in [5.74, 6) is 8.35. The molecule has 107 heavy (non-hydrogen) atoms. The molecule has 538 valence electrons. The fourth-order valence-electron chi connectivity index (χ4n) is 14.2. The van der Waals surface area contributed by atoms with Crippen LogP contribution in [0.1, 0.15) is 154 Å². The van der Waals surface area contributed by atoms with Crippen molar-refractivity contribution in [1.29, 1.82) is 0 Å². The summed E-state index contributed by atoms with van der Waals surface area (Å²) in [4.78, 5) is 123. The highest BCUT2D eigenvalue weighted by atomic mass is 16.2. The summed E-state index contributed by atoms with van der Waals surface area (Å²) in [6.07, 6.45) is 25.1. The number of aromatic nitrogens is 12. The standard InChI is InChI=1S/C28H28N6O2.C28H26N6O2.C27H26N6O2/c1-4-24(35)33-16-8-6-9-22(33)27-32-25(26-19(3)30-17-18(2)34(26)27)20-11-13-21(14-12-20)28(36)31-23-10-5-7-15-29-23;1-3-8-25(35)33-16-7-5-9-22(33)27-32-26(23-18-29-17-19(2)34(23)27)20-11-13-21(14-12-20)28(36)31-24-10-4-6-15-30-24;1-3-24(34)32-15-7-5-8-21(32)26-31-25(22-17-28-16-18(2)33(22)26)19-10-12-20(13-11-19)27(35)30-23-9-4-6-14-29-23/h4-5,7,10-15,17,22H,1,6,8-9,16H2,2-3H3,(H,29,31,36);4,6,10-15,17-18,22H,5,7,9,16H2,1-2H3,(H,30,31,36);3-4,6,9-14,16-17,21H,1,5,7-8,15H2,2H3,(H,29,30,35)/t2*22-;21-/m000/s1. The summed E-state index contributed by atoms with van der Waals surface area (Å²) in [5, 5.41) is 8.40. The number of amides is 6. The van der Waals surface area contributed by atoms with Crippen LogP contribution < -0.4 is 16.0 Å². The zero-order valence-electron chi connectivity index (χ0n) is 60.2. The number of nitrogens with one attached hydrogen (secondary N) is 3. The molecule has 0 saturated carbocycles. The third-order valence-electron chi connectivity index (χ3n) is 19.3. The topological polar surface area (TPSA) is 277 Å². The highest BCUT2D eigenvalue weighted by Crippen LogP contribution is 2.40. The Balaban J connectivity index is 0.000000142. The fourth-order valence-corrected chi connectivity index (χ4v) is 14.2. The predicted molar refractivity (Wildman–Crippen MR) is 410 cm³/mol. The molecule has 24 nitrogen and oxygen atoms in total. The van der Waals surface area contributed by atoms with Gasteiger partial charge in [-0.2, -0.15) is 0 Å². The van der Waals surface area contributed by atoms with E-state index in [4.69, 9.17) is 15.0 Å². The minimum Gasteiger partial charge on any atom is -0.329 e. The van der Waals surface area contributed by atoms with E-state index in [1.807, 2.05) is 103 Å². The van der Waals surface area contributed by atoms with Gasteiger partial charge in [0.25, 0.3) is 23.6 Å². The molecule has 0 aliphatic carbocycles. The van der Waals surface area contributed by atoms with Gasteiger partial charge in [0.15, 0.2) is 0 Å². The molecule has 12 heterocycles. The van der Waals surface area contributed by atoms with Gasteiger partial charge in [0.05, 0.1) is 69.8 Å². The Bertz CT molecular complexity index is 5380. The lowest BCUT2D eigenvalue weighted by molar-refractivity contribution is -0.130. The van der Waals surface area contributed by atoms with Crippen molar-refractivity contribution in [1.82, 2.24) is 72.8 Å². The zero-order chi connectivity index (χ0) is 74.7. The largest absolute Gasteiger partial charge is 0.329 e. The highest BCUT2D eigenvalue weighted by molar-refractivity contribution is 6.06. The molecule has 6 amide bonds. The van der Waals surface area contributed by atoms with E-state index in [2.05, 4.69) is 84.1 Å². The van der Waals surface area contributed by atoms with Gasteiger partial charge < -0.3 is 30.7 Å². The molecular formula is C83H80N18O6. The SMILES string of the molecule is C=CC(=O)N1CCCC[C@H]1c1nc(-c2ccc(C(=O)Nc3ccccn3)cc2)c2c(C)ncc(C)n12.C=CC(=O)N1CCCC[C@H]1c1nc(-c2ccc(C(=O)Nc3ccccn3)cc2)c2cncc(C)n12.CC#CC(=O)N1CCCC[C@H]1c1nc(-c2ccc(C(=O)Nc3ccccn3)cc2)c2cncc(C)n12. The molecule has 0 bridgehead atoms. The number of benzene rings is 3. The molecule has 0 unspecified atom stereocenters. The first-order chi connectivity index (χ1) is 52.1. The lowest BCUT2D eigenvalue weighted by atomic mass is 10.0. The number of piperidine rings is 3. The first-order valence-corrected chi connectivity index (χ1v) is 35.7. The van der Waals surface area contributed by atoms with E-state index < -0.39 is 0 Å². The number of nitrogens with zero attached hydrogens (tertiary/aromatic N) is 15. The number of hydrogen-bond acceptors (Lipinski definition) is 15. The molecule has 3 aliphatic rings. The van der Waals surface area contributed by atoms with Crippen LogP contribution in [0.25, 0.3) is 50.3 Å². The molecule has 12 aromatic rings. The van der Waals surface area contributed by atoms with E-state index in [9.17, 15) is 28.8 Å². The lowest BCUT2D eigenvalue weighted by Gasteiger charge is -2.34. The molecule has 3 saturated heterocycles. The predicted octanol–water partition coefficient (Wildman–Crippen LogP) is 13.9. The Morgan fingerprint density at radius 3 is 1.18 bits per heavy atom. The average molecular weight is 1430 g/mol. The van der Waals surface area contributed by atoms with Crippen LogP contribution >= 0.6 is 0 Å². The number of fused-ring (bicyclic) bond motifs is 3. The van der Waals surface area contributed by atoms with Crippen LogP contribution in [0, 0.1) is 39.5 Å². The number of rotatable bonds is 14. The summed E-state index contributed by atoms with van der Waals surface area (Å²) in [6, 6.07) is 37.6. The molecule has 3 aliphatic heterocycles. The summed E-state index contributed by atoms with van der Waals surface area (Å²) in [5.41, 5.74) is 12.8. The van der Waals surface area contributed by atoms with Crippen LogP contribution in [0.3, 0.4) is 0 Å². The van der Waals surface area contributed by atoms with Crippen LogP contribution in [-0.2, 0) is 14.4 Å². The Labute approximate surface area is 618 Å². The molecule has 3 fully saturated rings. The smallest absolute Gasteiger partial charge is 0.299 e. The number of likely N-dealkylation sites (tertiary alicyclic amines) is 3. The number of imidazole rings is 3. The number of pyridine rings is 3. The summed E-state index contributed by atoms with van der Waals surface area (Å²) >= 11 is 0. The van der Waals surface area contributed by atoms with E-state index >= 15 is 0 Å². The molecule has 9 aromatic heterocycles. The monoisotopic (exact) mass is 1420 g/mol. The van der Waals surface area contributed by atoms with E-state index in [1.165, 1.54) is 12.2 Å². The van der Waals surface area contributed by atoms with Crippen molar-refractivity contribution < 1.29 is 28.8 Å². The lowest BCUT2D eigenvalue weighted by Crippen LogP contribution is -2.38. The Kier molecular flexibility index (Phi) is 22.0. The van der Waals surface area contributed by atoms with Crippen LogP contribution in [0.4, 0.5) is 17.5 Å². The highest BCUT2D eigenvalue weighted by Gasteiger charge is 2.35. The number of carbonyl (C=O) groups is 6. The zero-order valence-corrected chi connectivity index (χ0v) is 60.2. The molecule has 3 N–H and O–H groups in total. The minimum absolute atomic E-state index is 0.0790. The van der Waals surface area contributed by atoms with Gasteiger partial charge in [0, 0.05) is 107 Å². The fraction of sp³-hybridized carbons (Fsp3) is 0.241. The second kappa shape index (κ2) is 32.7. The van der Waals surface area contributed by atoms with Gasteiger partial charge in [-0.05, 0) is 183 Å². The van der Waals surface area contributed by atoms with Crippen LogP contribution in [0.2, 0.25) is 0 Å². The summed E-state index contributed by atoms with van der Waals surface area (Å²) in [6.45, 7) is 19.0. The van der Waals surface area contributed by atoms with Gasteiger partial charge in [-0.25, -0.2) is 29.9 Å². The first kappa shape index (κ1) is 72.2. The second-order valence-electron chi connectivity index (χ2n) is 26.3. The van der Waals surface area contributed by atoms with Gasteiger partial charge in [-0.3, -0.25) is 56.9 Å². The maximum Gasteiger partial charge on any atom is 0.299 e. The quantitative estimate of drug-likeness (QED) is 0.0674. The minimum atomic E-state index is -0.235. The van der Waals surface area contributed by atoms with Crippen molar-refractivity contribution in [2.75, 3.05) is 35.6 Å². The van der Waals surface area contributed by atoms with Crippen molar-refractivity contribution in [3.05, 3.63) is 259 Å². The van der Waals surface area contributed by atoms with Gasteiger partial charge >= 0.3 is 0 Å². The summed E-state index contributed by atoms with van der Waals surface area (Å²) < 4.78 is 6.29. The Morgan fingerprint density at radius 1 is 0.430 bits per heavy atom. The van der Waals surface area contributed by atoms with Gasteiger partial charge in [0.2, 0.25) is 11.8 Å². The molecule has 0 radical (unpaired) electrons. The third-order valence-corrected chi connectivity index (χ3v) is 19.3. The summed E-state index contributed by atoms with van der Waals surface area (Å²) in [7, 11) is 0. The van der Waals surface area contributed by atoms with E-state index in [0.29, 0.717) is 53.8 Å². The average Bonchev–Trinajstić information content (AvgIpc) is 1.60. The number of carbonyl (C=O) groups excluding carboxylic acids is 6. The molecule has 3 aromatic carbocycles. The van der Waals surface area contributed by atoms with Gasteiger partial charge in [0.1, 0.15) is 34.9 Å². The van der Waals surface area contributed by atoms with Crippen molar-refractivity contribution in [3.8, 4) is 45.6 Å². The van der Waals surface area contributed by atoms with Crippen molar-refractivity contribution >= 4 is 69.4 Å². The van der Waals surface area contributed by atoms with E-state index in [0.717, 1.165) is 148 Å². The van der Waals surface area contributed by atoms with Crippen molar-refractivity contribution in [3.63, 3.8) is 0 Å². The number of hydrogen-bond donors (Lipinski definition) is 3. The molecule has 3 atom stereocenters. The molecular weight excluding hydrogens is 1350 g/mol. The Morgan fingerprint density at radius 2 is 0.794 bits per heavy atom. The second-order valence-corrected chi connectivity index (χ2v) is 26.3. The van der Waals surface area contributed by atoms with Crippen molar-refractivity contribution in [2.24, 2.45) is 0 Å². The molecule has 24 heteroatoms.